The smallest absolute Gasteiger partial charge is 0.196 e. The lowest BCUT2D eigenvalue weighted by Gasteiger charge is -2.33. The molecule has 1 fully saturated rings. The molecular weight excluding hydrogens is 390 g/mol. The van der Waals surface area contributed by atoms with Crippen LogP contribution in [0.2, 0.25) is 0 Å². The number of anilines is 2. The van der Waals surface area contributed by atoms with Crippen LogP contribution < -0.4 is 10.2 Å². The maximum Gasteiger partial charge on any atom is 0.196 e. The van der Waals surface area contributed by atoms with Gasteiger partial charge in [-0.3, -0.25) is 4.79 Å². The molecule has 0 unspecified atom stereocenters. The molecule has 6 nitrogen and oxygen atoms in total. The molecule has 2 aliphatic rings. The summed E-state index contributed by atoms with van der Waals surface area (Å²) in [4.78, 5) is 15.9. The first-order chi connectivity index (χ1) is 15.2. The number of ketones is 1. The fraction of sp³-hybridized carbons (Fsp3) is 0.280. The molecule has 0 spiro atoms. The summed E-state index contributed by atoms with van der Waals surface area (Å²) in [6.07, 6.45) is 4.04. The summed E-state index contributed by atoms with van der Waals surface area (Å²) >= 11 is 0. The fourth-order valence-corrected chi connectivity index (χ4v) is 4.93. The molecule has 2 aromatic carbocycles. The van der Waals surface area contributed by atoms with Crippen LogP contribution in [-0.4, -0.2) is 24.0 Å². The number of hydrogen-bond acceptors (Lipinski definition) is 6. The summed E-state index contributed by atoms with van der Waals surface area (Å²) in [5, 5.41) is 8.72. The van der Waals surface area contributed by atoms with Crippen molar-refractivity contribution in [3.05, 3.63) is 65.6 Å². The van der Waals surface area contributed by atoms with Crippen LogP contribution in [0, 0.1) is 5.92 Å². The number of furan rings is 1. The molecule has 0 bridgehead atoms. The Morgan fingerprint density at radius 1 is 1.19 bits per heavy atom. The number of aromatic nitrogens is 1. The number of rotatable bonds is 4. The van der Waals surface area contributed by atoms with E-state index in [4.69, 9.17) is 8.94 Å². The number of carbonyl (C=O) groups is 1. The molecule has 1 atom stereocenters. The van der Waals surface area contributed by atoms with Crippen LogP contribution in [0.25, 0.3) is 22.2 Å². The van der Waals surface area contributed by atoms with Crippen LogP contribution in [0.3, 0.4) is 0 Å². The Kier molecular flexibility index (Phi) is 4.13. The predicted molar refractivity (Wildman–Crippen MR) is 120 cm³/mol. The minimum atomic E-state index is -0.00296. The van der Waals surface area contributed by atoms with E-state index in [9.17, 15) is 4.79 Å². The molecule has 1 aliphatic heterocycles. The van der Waals surface area contributed by atoms with Gasteiger partial charge in [-0.1, -0.05) is 36.3 Å². The fourth-order valence-electron chi connectivity index (χ4n) is 4.93. The molecule has 0 saturated carbocycles. The number of piperidine rings is 1. The Labute approximate surface area is 179 Å². The van der Waals surface area contributed by atoms with Gasteiger partial charge in [-0.15, -0.1) is 0 Å². The zero-order valence-corrected chi connectivity index (χ0v) is 17.4. The predicted octanol–water partition coefficient (Wildman–Crippen LogP) is 5.48. The first kappa shape index (κ1) is 18.2. The van der Waals surface area contributed by atoms with Crippen molar-refractivity contribution >= 4 is 28.1 Å². The first-order valence-electron chi connectivity index (χ1n) is 10.8. The quantitative estimate of drug-likeness (QED) is 0.421. The van der Waals surface area contributed by atoms with E-state index in [2.05, 4.69) is 28.4 Å². The van der Waals surface area contributed by atoms with Crippen molar-refractivity contribution in [3.8, 4) is 11.3 Å². The Morgan fingerprint density at radius 2 is 2.06 bits per heavy atom. The highest BCUT2D eigenvalue weighted by Gasteiger charge is 2.34. The Bertz CT molecular complexity index is 1290. The van der Waals surface area contributed by atoms with Gasteiger partial charge in [0.1, 0.15) is 11.3 Å². The number of nitrogens with zero attached hydrogens (tertiary/aromatic N) is 2. The van der Waals surface area contributed by atoms with Gasteiger partial charge in [0.15, 0.2) is 11.5 Å². The van der Waals surface area contributed by atoms with Crippen molar-refractivity contribution in [1.29, 1.82) is 0 Å². The van der Waals surface area contributed by atoms with E-state index in [0.29, 0.717) is 29.3 Å². The standard InChI is InChI=1S/C25H23N3O3/c1-15-6-4-10-28(14-15)20-12-19(26-13-16-7-5-11-30-16)21-22-23(20)27-31-25(22)18-9-3-2-8-17(18)24(21)29/h2-3,5,7-9,11-12,15,26H,4,6,10,13-14H2,1H3/t15-/m1/s1. The molecule has 3 heterocycles. The number of benzene rings is 2. The second kappa shape index (κ2) is 7.01. The Hall–Kier alpha value is -3.54. The van der Waals surface area contributed by atoms with Crippen molar-refractivity contribution in [1.82, 2.24) is 5.16 Å². The van der Waals surface area contributed by atoms with Crippen molar-refractivity contribution in [2.24, 2.45) is 5.92 Å². The zero-order chi connectivity index (χ0) is 20.9. The minimum absolute atomic E-state index is 0.00296. The number of fused-ring (bicyclic) bond motifs is 2. The van der Waals surface area contributed by atoms with E-state index in [1.54, 1.807) is 6.26 Å². The van der Waals surface area contributed by atoms with Crippen LogP contribution in [-0.2, 0) is 6.54 Å². The summed E-state index contributed by atoms with van der Waals surface area (Å²) in [6, 6.07) is 13.5. The van der Waals surface area contributed by atoms with Gasteiger partial charge in [0, 0.05) is 29.9 Å². The molecule has 0 radical (unpaired) electrons. The minimum Gasteiger partial charge on any atom is -0.467 e. The van der Waals surface area contributed by atoms with E-state index in [-0.39, 0.29) is 5.78 Å². The van der Waals surface area contributed by atoms with Crippen LogP contribution in [0.4, 0.5) is 11.4 Å². The van der Waals surface area contributed by atoms with E-state index in [1.807, 2.05) is 36.4 Å². The second-order valence-corrected chi connectivity index (χ2v) is 8.55. The maximum absolute atomic E-state index is 13.6. The Balaban J connectivity index is 1.56. The van der Waals surface area contributed by atoms with Crippen molar-refractivity contribution in [2.45, 2.75) is 26.3 Å². The molecule has 1 saturated heterocycles. The van der Waals surface area contributed by atoms with Gasteiger partial charge in [-0.05, 0) is 37.0 Å². The van der Waals surface area contributed by atoms with Crippen LogP contribution in [0.1, 0.15) is 41.4 Å². The third-order valence-electron chi connectivity index (χ3n) is 6.41. The largest absolute Gasteiger partial charge is 0.467 e. The molecule has 6 heteroatoms. The number of hydrogen-bond donors (Lipinski definition) is 1. The molecular formula is C25H23N3O3. The highest BCUT2D eigenvalue weighted by Crippen LogP contribution is 2.46. The maximum atomic E-state index is 13.6. The molecule has 2 aromatic heterocycles. The van der Waals surface area contributed by atoms with Gasteiger partial charge in [0.2, 0.25) is 0 Å². The molecule has 6 rings (SSSR count). The molecule has 156 valence electrons. The third kappa shape index (κ3) is 2.86. The lowest BCUT2D eigenvalue weighted by molar-refractivity contribution is 0.104. The van der Waals surface area contributed by atoms with Crippen LogP contribution >= 0.6 is 0 Å². The van der Waals surface area contributed by atoms with Gasteiger partial charge in [0.05, 0.1) is 29.4 Å². The SMILES string of the molecule is C[C@@H]1CCCN(c2cc(NCc3ccco3)c3c4c(onc24)-c2ccccc2C3=O)C1. The normalized spacial score (nSPS) is 17.8. The lowest BCUT2D eigenvalue weighted by atomic mass is 9.86. The van der Waals surface area contributed by atoms with Crippen molar-refractivity contribution in [2.75, 3.05) is 23.3 Å². The monoisotopic (exact) mass is 413 g/mol. The van der Waals surface area contributed by atoms with E-state index in [0.717, 1.165) is 53.1 Å². The van der Waals surface area contributed by atoms with Gasteiger partial charge < -0.3 is 19.2 Å². The average Bonchev–Trinajstić information content (AvgIpc) is 3.46. The molecule has 4 aromatic rings. The molecule has 1 N–H and O–H groups in total. The molecule has 31 heavy (non-hydrogen) atoms. The topological polar surface area (TPSA) is 71.5 Å². The number of nitrogens with one attached hydrogen (secondary N) is 1. The van der Waals surface area contributed by atoms with E-state index >= 15 is 0 Å². The third-order valence-corrected chi connectivity index (χ3v) is 6.41. The summed E-state index contributed by atoms with van der Waals surface area (Å²) in [7, 11) is 0. The Morgan fingerprint density at radius 3 is 2.87 bits per heavy atom. The van der Waals surface area contributed by atoms with E-state index < -0.39 is 0 Å². The first-order valence-corrected chi connectivity index (χ1v) is 10.8. The second-order valence-electron chi connectivity index (χ2n) is 8.55. The summed E-state index contributed by atoms with van der Waals surface area (Å²) < 4.78 is 11.4. The van der Waals surface area contributed by atoms with Crippen LogP contribution in [0.5, 0.6) is 0 Å². The average molecular weight is 413 g/mol. The van der Waals surface area contributed by atoms with Crippen molar-refractivity contribution in [3.63, 3.8) is 0 Å². The molecule has 1 aliphatic carbocycles. The van der Waals surface area contributed by atoms with Gasteiger partial charge in [0.25, 0.3) is 0 Å². The van der Waals surface area contributed by atoms with Gasteiger partial charge in [-0.25, -0.2) is 0 Å². The number of carbonyl (C=O) groups excluding carboxylic acids is 1. The molecule has 0 amide bonds. The van der Waals surface area contributed by atoms with Crippen LogP contribution in [0.15, 0.2) is 57.7 Å². The lowest BCUT2D eigenvalue weighted by Crippen LogP contribution is -2.34. The summed E-state index contributed by atoms with van der Waals surface area (Å²) in [5.41, 5.74) is 4.67. The van der Waals surface area contributed by atoms with Gasteiger partial charge in [-0.2, -0.15) is 0 Å². The highest BCUT2D eigenvalue weighted by molar-refractivity contribution is 6.28. The summed E-state index contributed by atoms with van der Waals surface area (Å²) in [5.74, 6) is 2.10. The zero-order valence-electron chi connectivity index (χ0n) is 17.4. The van der Waals surface area contributed by atoms with Crippen molar-refractivity contribution < 1.29 is 13.7 Å². The van der Waals surface area contributed by atoms with Gasteiger partial charge >= 0.3 is 0 Å². The van der Waals surface area contributed by atoms with E-state index in [1.165, 1.54) is 6.42 Å². The highest BCUT2D eigenvalue weighted by atomic mass is 16.5. The summed E-state index contributed by atoms with van der Waals surface area (Å²) in [6.45, 7) is 4.73.